The van der Waals surface area contributed by atoms with Crippen LogP contribution in [0.3, 0.4) is 0 Å². The summed E-state index contributed by atoms with van der Waals surface area (Å²) in [6.07, 6.45) is 2.20. The van der Waals surface area contributed by atoms with Crippen molar-refractivity contribution in [2.24, 2.45) is 11.3 Å². The number of benzene rings is 2. The Balaban J connectivity index is 1.32. The van der Waals surface area contributed by atoms with E-state index in [1.54, 1.807) is 30.2 Å². The smallest absolute Gasteiger partial charge is 0.254 e. The summed E-state index contributed by atoms with van der Waals surface area (Å²) in [5.74, 6) is -1.16. The van der Waals surface area contributed by atoms with E-state index in [0.717, 1.165) is 5.39 Å². The molecule has 1 saturated heterocycles. The number of ether oxygens (including phenoxy) is 3. The summed E-state index contributed by atoms with van der Waals surface area (Å²) in [4.78, 5) is 48.3. The summed E-state index contributed by atoms with van der Waals surface area (Å²) >= 11 is 0. The topological polar surface area (TPSA) is 165 Å². The number of likely N-dealkylation sites (tertiary alicyclic amines) is 1. The summed E-state index contributed by atoms with van der Waals surface area (Å²) in [6.45, 7) is 9.63. The largest absolute Gasteiger partial charge is 0.497 e. The lowest BCUT2D eigenvalue weighted by Crippen LogP contribution is -2.59. The third-order valence-corrected chi connectivity index (χ3v) is 11.7. The van der Waals surface area contributed by atoms with Gasteiger partial charge in [-0.15, -0.1) is 6.58 Å². The fourth-order valence-electron chi connectivity index (χ4n) is 6.84. The Bertz CT molecular complexity index is 1940. The number of nitrogens with one attached hydrogen (secondary N) is 3. The van der Waals surface area contributed by atoms with Crippen LogP contribution in [0.1, 0.15) is 46.5 Å². The van der Waals surface area contributed by atoms with E-state index < -0.39 is 68.1 Å². The third kappa shape index (κ3) is 7.38. The molecule has 6 rings (SSSR count). The van der Waals surface area contributed by atoms with Crippen molar-refractivity contribution in [2.75, 3.05) is 26.1 Å². The van der Waals surface area contributed by atoms with Gasteiger partial charge in [-0.3, -0.25) is 29.3 Å². The van der Waals surface area contributed by atoms with Crippen LogP contribution in [-0.2, 0) is 24.4 Å². The van der Waals surface area contributed by atoms with E-state index in [0.29, 0.717) is 35.5 Å². The van der Waals surface area contributed by atoms with E-state index in [1.165, 1.54) is 7.11 Å². The van der Waals surface area contributed by atoms with Crippen LogP contribution in [0.15, 0.2) is 67.3 Å². The Morgan fingerprint density at radius 3 is 2.39 bits per heavy atom. The van der Waals surface area contributed by atoms with Gasteiger partial charge in [0.05, 0.1) is 25.5 Å². The molecular weight excluding hydrogens is 675 g/mol. The van der Waals surface area contributed by atoms with E-state index in [2.05, 4.69) is 26.9 Å². The second-order valence-corrected chi connectivity index (χ2v) is 16.5. The first-order chi connectivity index (χ1) is 24.2. The van der Waals surface area contributed by atoms with Crippen molar-refractivity contribution in [3.05, 3.63) is 67.3 Å². The quantitative estimate of drug-likeness (QED) is 0.220. The number of carbonyl (C=O) groups is 3. The van der Waals surface area contributed by atoms with Crippen molar-refractivity contribution in [1.29, 1.82) is 0 Å². The predicted octanol–water partition coefficient (Wildman–Crippen LogP) is 3.80. The molecule has 0 radical (unpaired) electrons. The zero-order valence-electron chi connectivity index (χ0n) is 29.5. The first-order valence-corrected chi connectivity index (χ1v) is 18.6. The molecule has 3 N–H and O–H groups in total. The maximum Gasteiger partial charge on any atom is 0.254 e. The highest BCUT2D eigenvalue weighted by atomic mass is 32.2. The molecule has 2 aromatic carbocycles. The van der Waals surface area contributed by atoms with Crippen molar-refractivity contribution in [3.8, 4) is 17.5 Å². The van der Waals surface area contributed by atoms with E-state index in [-0.39, 0.29) is 25.3 Å². The number of rotatable bonds is 13. The molecule has 0 bridgehead atoms. The molecule has 51 heavy (non-hydrogen) atoms. The maximum absolute atomic E-state index is 14.2. The number of nitrogens with zero attached hydrogens (tertiary/aromatic N) is 2. The van der Waals surface area contributed by atoms with Crippen molar-refractivity contribution < 1.29 is 37.0 Å². The van der Waals surface area contributed by atoms with Crippen LogP contribution >= 0.6 is 0 Å². The summed E-state index contributed by atoms with van der Waals surface area (Å²) in [5, 5.41) is 6.65. The molecule has 2 heterocycles. The fraction of sp³-hybridized carbons (Fsp3) is 0.459. The van der Waals surface area contributed by atoms with Gasteiger partial charge in [0, 0.05) is 36.0 Å². The minimum absolute atomic E-state index is 0.0645. The Kier molecular flexibility index (Phi) is 9.77. The molecule has 1 aromatic heterocycles. The van der Waals surface area contributed by atoms with Gasteiger partial charge in [0.2, 0.25) is 33.6 Å². The summed E-state index contributed by atoms with van der Waals surface area (Å²) in [7, 11) is -0.835. The molecule has 272 valence electrons. The number of hydrogen-bond acceptors (Lipinski definition) is 11. The minimum Gasteiger partial charge on any atom is -0.497 e. The zero-order chi connectivity index (χ0) is 36.7. The number of aromatic nitrogens is 1. The van der Waals surface area contributed by atoms with Crippen LogP contribution in [0.4, 0.5) is 5.69 Å². The summed E-state index contributed by atoms with van der Waals surface area (Å²) < 4.78 is 45.5. The summed E-state index contributed by atoms with van der Waals surface area (Å²) in [5.41, 5.74) is -1.27. The van der Waals surface area contributed by atoms with Crippen LogP contribution in [0.2, 0.25) is 0 Å². The van der Waals surface area contributed by atoms with Crippen LogP contribution in [0.5, 0.6) is 17.5 Å². The molecule has 0 unspecified atom stereocenters. The lowest BCUT2D eigenvalue weighted by Gasteiger charge is -2.34. The Morgan fingerprint density at radius 2 is 1.78 bits per heavy atom. The lowest BCUT2D eigenvalue weighted by atomic mass is 9.85. The number of fused-ring (bicyclic) bond motifs is 1. The Hall–Kier alpha value is -4.69. The highest BCUT2D eigenvalue weighted by Crippen LogP contribution is 2.53. The predicted molar refractivity (Wildman–Crippen MR) is 192 cm³/mol. The molecular formula is C37H45N5O8S. The van der Waals surface area contributed by atoms with Crippen molar-refractivity contribution >= 4 is 44.2 Å². The van der Waals surface area contributed by atoms with Gasteiger partial charge >= 0.3 is 0 Å². The third-order valence-electron chi connectivity index (χ3n) is 9.86. The number of anilines is 1. The molecule has 2 aliphatic carbocycles. The van der Waals surface area contributed by atoms with Crippen LogP contribution in [-0.4, -0.2) is 85.8 Å². The number of imide groups is 1. The molecule has 13 nitrogen and oxygen atoms in total. The zero-order valence-corrected chi connectivity index (χ0v) is 30.3. The van der Waals surface area contributed by atoms with Crippen LogP contribution < -0.4 is 29.6 Å². The summed E-state index contributed by atoms with van der Waals surface area (Å²) in [6, 6.07) is 14.6. The van der Waals surface area contributed by atoms with Gasteiger partial charge in [0.1, 0.15) is 23.4 Å². The fourth-order valence-corrected chi connectivity index (χ4v) is 8.20. The first-order valence-electron chi connectivity index (χ1n) is 17.0. The van der Waals surface area contributed by atoms with Gasteiger partial charge in [-0.05, 0) is 60.4 Å². The number of sulfonamides is 1. The van der Waals surface area contributed by atoms with E-state index in [1.807, 2.05) is 63.2 Å². The molecule has 2 saturated carbocycles. The van der Waals surface area contributed by atoms with E-state index in [9.17, 15) is 22.8 Å². The van der Waals surface area contributed by atoms with E-state index in [4.69, 9.17) is 14.2 Å². The molecule has 5 atom stereocenters. The molecule has 3 amide bonds. The average molecular weight is 720 g/mol. The number of hydrogen-bond donors (Lipinski definition) is 3. The van der Waals surface area contributed by atoms with Crippen molar-refractivity contribution in [3.63, 3.8) is 0 Å². The second-order valence-electron chi connectivity index (χ2n) is 14.5. The molecule has 0 spiro atoms. The van der Waals surface area contributed by atoms with Gasteiger partial charge in [-0.2, -0.15) is 4.98 Å². The number of carbonyl (C=O) groups excluding carboxylic acids is 3. The van der Waals surface area contributed by atoms with Crippen LogP contribution in [0, 0.1) is 11.3 Å². The maximum atomic E-state index is 14.2. The standard InChI is InChI=1S/C37H45N5O8S/c1-7-23-20-37(23,35(45)41-51(46,47)27-14-15-27)42-21-26(50-34-28-16-13-25(48-5)17-22(28)18-30(39-34)49-6)19-29(42)32(43)40-33(44)31(36(2,3)4)38-24-11-9-8-10-12-24/h7-13,16-18,23,26-27,29,31,38H,1,14-15,19-21H2,2-6H3,(H,41,45)(H,40,43,44)/t23-,26-,29+,31-,37-/m1/s1. The van der Waals surface area contributed by atoms with Gasteiger partial charge in [-0.1, -0.05) is 45.0 Å². The van der Waals surface area contributed by atoms with Crippen molar-refractivity contribution in [1.82, 2.24) is 19.9 Å². The number of para-hydroxylation sites is 1. The first kappa shape index (κ1) is 36.1. The Labute approximate surface area is 298 Å². The molecule has 3 fully saturated rings. The van der Waals surface area contributed by atoms with Gasteiger partial charge in [0.15, 0.2) is 0 Å². The second kappa shape index (κ2) is 13.8. The highest BCUT2D eigenvalue weighted by Gasteiger charge is 2.67. The molecule has 1 aliphatic heterocycles. The van der Waals surface area contributed by atoms with Gasteiger partial charge in [0.25, 0.3) is 5.91 Å². The number of pyridine rings is 1. The SMILES string of the molecule is C=C[C@@H]1C[C@@]1(C(=O)NS(=O)(=O)C1CC1)N1C[C@H](Oc2nc(OC)cc3cc(OC)ccc23)C[C@H]1C(=O)NC(=O)[C@@H](Nc1ccccc1)C(C)(C)C. The molecule has 3 aliphatic rings. The number of methoxy groups -OCH3 is 2. The lowest BCUT2D eigenvalue weighted by molar-refractivity contribution is -0.136. The molecule has 3 aromatic rings. The average Bonchev–Trinajstić information content (AvgIpc) is 4.03. The van der Waals surface area contributed by atoms with Gasteiger partial charge < -0.3 is 19.5 Å². The molecule has 14 heteroatoms. The highest BCUT2D eigenvalue weighted by molar-refractivity contribution is 7.91. The minimum atomic E-state index is -3.89. The van der Waals surface area contributed by atoms with Crippen LogP contribution in [0.25, 0.3) is 10.8 Å². The normalized spacial score (nSPS) is 23.9. The number of amides is 3. The monoisotopic (exact) mass is 719 g/mol. The van der Waals surface area contributed by atoms with Crippen molar-refractivity contribution in [2.45, 2.75) is 75.4 Å². The van der Waals surface area contributed by atoms with Gasteiger partial charge in [-0.25, -0.2) is 8.42 Å². The Morgan fingerprint density at radius 1 is 1.06 bits per heavy atom. The van der Waals surface area contributed by atoms with E-state index >= 15 is 0 Å².